The summed E-state index contributed by atoms with van der Waals surface area (Å²) < 4.78 is 26.5. The Morgan fingerprint density at radius 1 is 1.06 bits per heavy atom. The standard InChI is InChI=1S/C22H26N4O5S/c1-3-25(4-2)32(30,31)18-11-9-16(10-12-18)13-23-21(28)19-8-6-5-7-17(19)15-26-20(27)14-24-22(26)29/h5-12H,3-4,13-15H2,1-2H3,(H,23,28)(H,24,29). The van der Waals surface area contributed by atoms with Gasteiger partial charge in [0.2, 0.25) is 15.9 Å². The third-order valence-corrected chi connectivity index (χ3v) is 7.31. The fraction of sp³-hybridized carbons (Fsp3) is 0.318. The van der Waals surface area contributed by atoms with Crippen molar-refractivity contribution in [2.24, 2.45) is 0 Å². The summed E-state index contributed by atoms with van der Waals surface area (Å²) in [6.07, 6.45) is 0. The Balaban J connectivity index is 1.68. The van der Waals surface area contributed by atoms with E-state index in [1.165, 1.54) is 16.4 Å². The number of imide groups is 1. The maximum atomic E-state index is 12.8. The van der Waals surface area contributed by atoms with Crippen LogP contribution in [0.1, 0.15) is 35.3 Å². The van der Waals surface area contributed by atoms with Gasteiger partial charge in [-0.2, -0.15) is 4.31 Å². The summed E-state index contributed by atoms with van der Waals surface area (Å²) in [5.74, 6) is -0.697. The predicted molar refractivity (Wildman–Crippen MR) is 118 cm³/mol. The number of nitrogens with zero attached hydrogens (tertiary/aromatic N) is 2. The minimum absolute atomic E-state index is 0.00612. The Bertz CT molecular complexity index is 1100. The molecule has 0 spiro atoms. The molecule has 9 nitrogen and oxygen atoms in total. The monoisotopic (exact) mass is 458 g/mol. The number of carbonyl (C=O) groups excluding carboxylic acids is 3. The second kappa shape index (κ2) is 9.92. The van der Waals surface area contributed by atoms with Crippen molar-refractivity contribution in [1.29, 1.82) is 0 Å². The molecule has 4 amide bonds. The van der Waals surface area contributed by atoms with Crippen LogP contribution in [0.2, 0.25) is 0 Å². The van der Waals surface area contributed by atoms with Crippen LogP contribution in [0.25, 0.3) is 0 Å². The first kappa shape index (κ1) is 23.4. The Labute approximate surface area is 187 Å². The molecule has 1 heterocycles. The molecule has 0 aromatic heterocycles. The van der Waals surface area contributed by atoms with Crippen molar-refractivity contribution >= 4 is 27.9 Å². The molecule has 10 heteroatoms. The molecule has 0 saturated carbocycles. The van der Waals surface area contributed by atoms with Gasteiger partial charge >= 0.3 is 6.03 Å². The zero-order chi connectivity index (χ0) is 23.3. The molecule has 1 fully saturated rings. The van der Waals surface area contributed by atoms with Gasteiger partial charge in [0.05, 0.1) is 18.0 Å². The van der Waals surface area contributed by atoms with Crippen LogP contribution in [0.5, 0.6) is 0 Å². The molecule has 32 heavy (non-hydrogen) atoms. The first-order chi connectivity index (χ1) is 15.3. The molecule has 0 atom stereocenters. The van der Waals surface area contributed by atoms with E-state index in [1.807, 2.05) is 0 Å². The lowest BCUT2D eigenvalue weighted by Crippen LogP contribution is -2.32. The highest BCUT2D eigenvalue weighted by Gasteiger charge is 2.29. The lowest BCUT2D eigenvalue weighted by Gasteiger charge is -2.18. The van der Waals surface area contributed by atoms with E-state index in [0.717, 1.165) is 10.5 Å². The average molecular weight is 459 g/mol. The van der Waals surface area contributed by atoms with E-state index in [9.17, 15) is 22.8 Å². The fourth-order valence-corrected chi connectivity index (χ4v) is 4.89. The molecule has 1 saturated heterocycles. The number of sulfonamides is 1. The van der Waals surface area contributed by atoms with Crippen LogP contribution in [-0.4, -0.2) is 55.1 Å². The van der Waals surface area contributed by atoms with Gasteiger partial charge in [0.15, 0.2) is 0 Å². The lowest BCUT2D eigenvalue weighted by molar-refractivity contribution is -0.125. The summed E-state index contributed by atoms with van der Waals surface area (Å²) in [7, 11) is -3.54. The van der Waals surface area contributed by atoms with Crippen LogP contribution >= 0.6 is 0 Å². The van der Waals surface area contributed by atoms with Crippen molar-refractivity contribution in [2.45, 2.75) is 31.8 Å². The molecule has 1 aliphatic heterocycles. The molecule has 0 unspecified atom stereocenters. The van der Waals surface area contributed by atoms with Crippen molar-refractivity contribution in [3.8, 4) is 0 Å². The maximum Gasteiger partial charge on any atom is 0.324 e. The summed E-state index contributed by atoms with van der Waals surface area (Å²) in [6, 6.07) is 12.7. The highest BCUT2D eigenvalue weighted by atomic mass is 32.2. The van der Waals surface area contributed by atoms with E-state index < -0.39 is 16.1 Å². The first-order valence-corrected chi connectivity index (χ1v) is 11.7. The van der Waals surface area contributed by atoms with Gasteiger partial charge in [0.1, 0.15) is 0 Å². The molecule has 1 aliphatic rings. The number of amides is 4. The number of nitrogens with one attached hydrogen (secondary N) is 2. The quantitative estimate of drug-likeness (QED) is 0.555. The molecule has 2 aromatic carbocycles. The fourth-order valence-electron chi connectivity index (χ4n) is 3.43. The normalized spacial score (nSPS) is 14.0. The van der Waals surface area contributed by atoms with Gasteiger partial charge in [-0.25, -0.2) is 13.2 Å². The largest absolute Gasteiger partial charge is 0.348 e. The SMILES string of the molecule is CCN(CC)S(=O)(=O)c1ccc(CNC(=O)c2ccccc2CN2C(=O)CNC2=O)cc1. The molecule has 2 N–H and O–H groups in total. The second-order valence-corrected chi connectivity index (χ2v) is 9.15. The Morgan fingerprint density at radius 2 is 1.72 bits per heavy atom. The summed E-state index contributed by atoms with van der Waals surface area (Å²) in [5.41, 5.74) is 1.65. The number of urea groups is 1. The molecule has 0 bridgehead atoms. The van der Waals surface area contributed by atoms with Crippen molar-refractivity contribution < 1.29 is 22.8 Å². The van der Waals surface area contributed by atoms with E-state index in [4.69, 9.17) is 0 Å². The molecule has 3 rings (SSSR count). The summed E-state index contributed by atoms with van der Waals surface area (Å²) in [4.78, 5) is 37.7. The van der Waals surface area contributed by atoms with Gasteiger partial charge in [0, 0.05) is 25.2 Å². The highest BCUT2D eigenvalue weighted by Crippen LogP contribution is 2.17. The van der Waals surface area contributed by atoms with Gasteiger partial charge in [0.25, 0.3) is 5.91 Å². The van der Waals surface area contributed by atoms with Gasteiger partial charge in [-0.15, -0.1) is 0 Å². The minimum Gasteiger partial charge on any atom is -0.348 e. The highest BCUT2D eigenvalue weighted by molar-refractivity contribution is 7.89. The van der Waals surface area contributed by atoms with Gasteiger partial charge in [-0.3, -0.25) is 14.5 Å². The smallest absolute Gasteiger partial charge is 0.324 e. The summed E-state index contributed by atoms with van der Waals surface area (Å²) in [6.45, 7) is 4.51. The van der Waals surface area contributed by atoms with Crippen LogP contribution in [0, 0.1) is 0 Å². The van der Waals surface area contributed by atoms with E-state index in [2.05, 4.69) is 10.6 Å². The second-order valence-electron chi connectivity index (χ2n) is 7.21. The molecule has 170 valence electrons. The van der Waals surface area contributed by atoms with Crippen molar-refractivity contribution in [1.82, 2.24) is 19.8 Å². The van der Waals surface area contributed by atoms with Crippen LogP contribution < -0.4 is 10.6 Å². The minimum atomic E-state index is -3.54. The molecule has 0 radical (unpaired) electrons. The molecule has 0 aliphatic carbocycles. The molecular formula is C22H26N4O5S. The van der Waals surface area contributed by atoms with Gasteiger partial charge in [-0.1, -0.05) is 44.2 Å². The summed E-state index contributed by atoms with van der Waals surface area (Å²) in [5, 5.41) is 5.26. The Hall–Kier alpha value is -3.24. The van der Waals surface area contributed by atoms with E-state index in [1.54, 1.807) is 50.2 Å². The van der Waals surface area contributed by atoms with Crippen LogP contribution in [-0.2, 0) is 27.9 Å². The zero-order valence-corrected chi connectivity index (χ0v) is 18.8. The van der Waals surface area contributed by atoms with Crippen LogP contribution in [0.3, 0.4) is 0 Å². The van der Waals surface area contributed by atoms with E-state index in [-0.39, 0.29) is 36.3 Å². The van der Waals surface area contributed by atoms with Crippen molar-refractivity contribution in [3.05, 3.63) is 65.2 Å². The third kappa shape index (κ3) is 4.97. The summed E-state index contributed by atoms with van der Waals surface area (Å²) >= 11 is 0. The number of hydrogen-bond acceptors (Lipinski definition) is 5. The number of benzene rings is 2. The van der Waals surface area contributed by atoms with Crippen LogP contribution in [0.4, 0.5) is 4.79 Å². The van der Waals surface area contributed by atoms with Gasteiger partial charge < -0.3 is 10.6 Å². The number of hydrogen-bond donors (Lipinski definition) is 2. The molecular weight excluding hydrogens is 432 g/mol. The van der Waals surface area contributed by atoms with Crippen molar-refractivity contribution in [2.75, 3.05) is 19.6 Å². The maximum absolute atomic E-state index is 12.8. The predicted octanol–water partition coefficient (Wildman–Crippen LogP) is 1.70. The Kier molecular flexibility index (Phi) is 7.26. The lowest BCUT2D eigenvalue weighted by atomic mass is 10.1. The van der Waals surface area contributed by atoms with Crippen molar-refractivity contribution in [3.63, 3.8) is 0 Å². The van der Waals surface area contributed by atoms with Gasteiger partial charge in [-0.05, 0) is 29.3 Å². The average Bonchev–Trinajstić information content (AvgIpc) is 3.11. The number of rotatable bonds is 9. The van der Waals surface area contributed by atoms with E-state index >= 15 is 0 Å². The van der Waals surface area contributed by atoms with Crippen LogP contribution in [0.15, 0.2) is 53.4 Å². The zero-order valence-electron chi connectivity index (χ0n) is 18.0. The third-order valence-electron chi connectivity index (χ3n) is 5.25. The topological polar surface area (TPSA) is 116 Å². The van der Waals surface area contributed by atoms with E-state index in [0.29, 0.717) is 24.2 Å². The molecule has 2 aromatic rings. The number of carbonyl (C=O) groups is 3. The first-order valence-electron chi connectivity index (χ1n) is 10.3. The Morgan fingerprint density at radius 3 is 2.31 bits per heavy atom.